The first kappa shape index (κ1) is 17.5. The molecule has 0 unspecified atom stereocenters. The number of nitrogens with zero attached hydrogens (tertiary/aromatic N) is 3. The molecule has 0 saturated carbocycles. The third-order valence-corrected chi connectivity index (χ3v) is 5.25. The van der Waals surface area contributed by atoms with E-state index in [1.54, 1.807) is 0 Å². The predicted octanol–water partition coefficient (Wildman–Crippen LogP) is 3.52. The van der Waals surface area contributed by atoms with Crippen molar-refractivity contribution in [2.24, 2.45) is 0 Å². The maximum atomic E-state index is 12.1. The van der Waals surface area contributed by atoms with E-state index >= 15 is 0 Å². The fourth-order valence-electron chi connectivity index (χ4n) is 2.91. The first-order chi connectivity index (χ1) is 13.2. The van der Waals surface area contributed by atoms with Crippen LogP contribution in [-0.4, -0.2) is 38.4 Å². The topological polar surface area (TPSA) is 83.6 Å². The zero-order valence-electron chi connectivity index (χ0n) is 14.8. The number of rotatable bonds is 6. The quantitative estimate of drug-likeness (QED) is 0.502. The summed E-state index contributed by atoms with van der Waals surface area (Å²) in [7, 11) is 0. The van der Waals surface area contributed by atoms with E-state index in [9.17, 15) is 4.79 Å². The zero-order valence-corrected chi connectivity index (χ0v) is 15.7. The monoisotopic (exact) mass is 377 g/mol. The molecule has 0 spiro atoms. The van der Waals surface area contributed by atoms with E-state index in [4.69, 9.17) is 0 Å². The minimum Gasteiger partial charge on any atom is -0.355 e. The smallest absolute Gasteiger partial charge is 0.230 e. The number of para-hydroxylation sites is 1. The Morgan fingerprint density at radius 2 is 1.89 bits per heavy atom. The maximum absolute atomic E-state index is 12.1. The van der Waals surface area contributed by atoms with Gasteiger partial charge in [0.2, 0.25) is 11.1 Å². The van der Waals surface area contributed by atoms with Crippen molar-refractivity contribution >= 4 is 39.7 Å². The highest BCUT2D eigenvalue weighted by molar-refractivity contribution is 7.99. The van der Waals surface area contributed by atoms with Gasteiger partial charge in [-0.2, -0.15) is 0 Å². The number of benzene rings is 2. The molecular formula is C20H19N5OS. The molecule has 0 fully saturated rings. The fourth-order valence-corrected chi connectivity index (χ4v) is 3.53. The van der Waals surface area contributed by atoms with Crippen molar-refractivity contribution in [3.63, 3.8) is 0 Å². The minimum atomic E-state index is -0.0388. The maximum Gasteiger partial charge on any atom is 0.230 e. The molecule has 4 rings (SSSR count). The van der Waals surface area contributed by atoms with Crippen LogP contribution in [0.15, 0.2) is 59.8 Å². The molecule has 0 aliphatic carbocycles. The Labute approximate surface area is 160 Å². The Bertz CT molecular complexity index is 1080. The lowest BCUT2D eigenvalue weighted by molar-refractivity contribution is -0.118. The van der Waals surface area contributed by atoms with Gasteiger partial charge < -0.3 is 10.3 Å². The standard InChI is InChI=1S/C20H19N5OS/c1-13(14-7-3-2-4-8-14)11-21-17(26)12-27-20-23-19-18(24-25-20)15-9-5-6-10-16(15)22-19/h2-10,13H,11-12H2,1H3,(H,21,26)(H,22,23,25)/t13-/m1/s1. The lowest BCUT2D eigenvalue weighted by Gasteiger charge is -2.12. The summed E-state index contributed by atoms with van der Waals surface area (Å²) in [5.41, 5.74) is 3.62. The molecule has 2 N–H and O–H groups in total. The number of H-pyrrole nitrogens is 1. The molecule has 27 heavy (non-hydrogen) atoms. The van der Waals surface area contributed by atoms with Crippen LogP contribution in [0.2, 0.25) is 0 Å². The van der Waals surface area contributed by atoms with E-state index in [0.29, 0.717) is 17.3 Å². The van der Waals surface area contributed by atoms with Crippen LogP contribution in [0.1, 0.15) is 18.4 Å². The Morgan fingerprint density at radius 3 is 2.74 bits per heavy atom. The number of aromatic nitrogens is 4. The van der Waals surface area contributed by atoms with Gasteiger partial charge in [0, 0.05) is 17.4 Å². The number of fused-ring (bicyclic) bond motifs is 3. The molecule has 1 amide bonds. The fraction of sp³-hybridized carbons (Fsp3) is 0.200. The predicted molar refractivity (Wildman–Crippen MR) is 108 cm³/mol. The van der Waals surface area contributed by atoms with Gasteiger partial charge in [-0.3, -0.25) is 4.79 Å². The number of hydrogen-bond acceptors (Lipinski definition) is 5. The van der Waals surface area contributed by atoms with Crippen molar-refractivity contribution < 1.29 is 4.79 Å². The van der Waals surface area contributed by atoms with Crippen LogP contribution in [0, 0.1) is 0 Å². The number of thioether (sulfide) groups is 1. The van der Waals surface area contributed by atoms with E-state index in [1.807, 2.05) is 42.5 Å². The molecule has 136 valence electrons. The summed E-state index contributed by atoms with van der Waals surface area (Å²) in [6, 6.07) is 18.0. The van der Waals surface area contributed by atoms with E-state index in [2.05, 4.69) is 44.5 Å². The molecule has 4 aromatic rings. The first-order valence-corrected chi connectivity index (χ1v) is 9.75. The summed E-state index contributed by atoms with van der Waals surface area (Å²) >= 11 is 1.28. The van der Waals surface area contributed by atoms with E-state index in [1.165, 1.54) is 17.3 Å². The van der Waals surface area contributed by atoms with Gasteiger partial charge in [-0.05, 0) is 17.5 Å². The number of nitrogens with one attached hydrogen (secondary N) is 2. The molecule has 2 heterocycles. The summed E-state index contributed by atoms with van der Waals surface area (Å²) in [6.07, 6.45) is 0. The van der Waals surface area contributed by atoms with Crippen molar-refractivity contribution in [1.29, 1.82) is 0 Å². The normalized spacial score (nSPS) is 12.3. The lowest BCUT2D eigenvalue weighted by Crippen LogP contribution is -2.29. The van der Waals surface area contributed by atoms with Gasteiger partial charge in [0.05, 0.1) is 5.75 Å². The van der Waals surface area contributed by atoms with Gasteiger partial charge in [-0.15, -0.1) is 10.2 Å². The highest BCUT2D eigenvalue weighted by Crippen LogP contribution is 2.23. The second-order valence-corrected chi connectivity index (χ2v) is 7.31. The van der Waals surface area contributed by atoms with E-state index < -0.39 is 0 Å². The third-order valence-electron chi connectivity index (χ3n) is 4.41. The highest BCUT2D eigenvalue weighted by Gasteiger charge is 2.11. The van der Waals surface area contributed by atoms with Gasteiger partial charge in [0.15, 0.2) is 5.65 Å². The van der Waals surface area contributed by atoms with Gasteiger partial charge in [0.25, 0.3) is 0 Å². The zero-order chi connectivity index (χ0) is 18.6. The van der Waals surface area contributed by atoms with Crippen molar-refractivity contribution in [2.75, 3.05) is 12.3 Å². The van der Waals surface area contributed by atoms with Crippen LogP contribution in [-0.2, 0) is 4.79 Å². The van der Waals surface area contributed by atoms with Gasteiger partial charge in [-0.1, -0.05) is 67.2 Å². The number of carbonyl (C=O) groups excluding carboxylic acids is 1. The second-order valence-electron chi connectivity index (χ2n) is 6.37. The second kappa shape index (κ2) is 7.75. The molecule has 0 bridgehead atoms. The Morgan fingerprint density at radius 1 is 1.11 bits per heavy atom. The SMILES string of the molecule is C[C@H](CNC(=O)CSc1nnc2c(n1)[nH]c1ccccc12)c1ccccc1. The van der Waals surface area contributed by atoms with Crippen LogP contribution < -0.4 is 5.32 Å². The molecule has 7 heteroatoms. The summed E-state index contributed by atoms with van der Waals surface area (Å²) in [4.78, 5) is 19.9. The molecule has 0 saturated heterocycles. The van der Waals surface area contributed by atoms with E-state index in [-0.39, 0.29) is 17.6 Å². The molecule has 1 atom stereocenters. The van der Waals surface area contributed by atoms with E-state index in [0.717, 1.165) is 16.4 Å². The molecule has 0 aliphatic rings. The molecule has 2 aromatic heterocycles. The highest BCUT2D eigenvalue weighted by atomic mass is 32.2. The Hall–Kier alpha value is -2.93. The molecule has 2 aromatic carbocycles. The molecule has 6 nitrogen and oxygen atoms in total. The largest absolute Gasteiger partial charge is 0.355 e. The van der Waals surface area contributed by atoms with Gasteiger partial charge in [0.1, 0.15) is 5.52 Å². The van der Waals surface area contributed by atoms with Crippen molar-refractivity contribution in [3.05, 3.63) is 60.2 Å². The molecule has 0 aliphatic heterocycles. The first-order valence-electron chi connectivity index (χ1n) is 8.76. The molecule has 0 radical (unpaired) electrons. The summed E-state index contributed by atoms with van der Waals surface area (Å²) in [6.45, 7) is 2.70. The van der Waals surface area contributed by atoms with Crippen LogP contribution >= 0.6 is 11.8 Å². The Balaban J connectivity index is 1.35. The van der Waals surface area contributed by atoms with Crippen molar-refractivity contribution in [3.8, 4) is 0 Å². The van der Waals surface area contributed by atoms with Crippen LogP contribution in [0.25, 0.3) is 22.1 Å². The summed E-state index contributed by atoms with van der Waals surface area (Å²) in [5.74, 6) is 0.485. The minimum absolute atomic E-state index is 0.0388. The van der Waals surface area contributed by atoms with Gasteiger partial charge >= 0.3 is 0 Å². The summed E-state index contributed by atoms with van der Waals surface area (Å²) < 4.78 is 0. The molecular weight excluding hydrogens is 358 g/mol. The van der Waals surface area contributed by atoms with Crippen molar-refractivity contribution in [1.82, 2.24) is 25.5 Å². The number of amides is 1. The number of hydrogen-bond donors (Lipinski definition) is 2. The van der Waals surface area contributed by atoms with Crippen molar-refractivity contribution in [2.45, 2.75) is 18.0 Å². The van der Waals surface area contributed by atoms with Crippen LogP contribution in [0.3, 0.4) is 0 Å². The Kier molecular flexibility index (Phi) is 5.02. The van der Waals surface area contributed by atoms with Crippen LogP contribution in [0.5, 0.6) is 0 Å². The van der Waals surface area contributed by atoms with Gasteiger partial charge in [-0.25, -0.2) is 4.98 Å². The average Bonchev–Trinajstić information content (AvgIpc) is 3.09. The average molecular weight is 377 g/mol. The lowest BCUT2D eigenvalue weighted by atomic mass is 10.0. The number of carbonyl (C=O) groups is 1. The third kappa shape index (κ3) is 3.93. The summed E-state index contributed by atoms with van der Waals surface area (Å²) in [5, 5.41) is 12.9. The number of aromatic amines is 1. The van der Waals surface area contributed by atoms with Crippen LogP contribution in [0.4, 0.5) is 0 Å².